The quantitative estimate of drug-likeness (QED) is 0.138. The van der Waals surface area contributed by atoms with Gasteiger partial charge in [0, 0.05) is 25.8 Å². The van der Waals surface area contributed by atoms with Crippen LogP contribution in [0.25, 0.3) is 0 Å². The van der Waals surface area contributed by atoms with E-state index in [-0.39, 0.29) is 11.3 Å². The lowest BCUT2D eigenvalue weighted by atomic mass is 10.2. The summed E-state index contributed by atoms with van der Waals surface area (Å²) in [6, 6.07) is 6.43. The summed E-state index contributed by atoms with van der Waals surface area (Å²) in [5, 5.41) is 13.7. The molecule has 1 rings (SSSR count). The van der Waals surface area contributed by atoms with Crippen molar-refractivity contribution in [3.05, 3.63) is 39.9 Å². The molecule has 9 heteroatoms. The van der Waals surface area contributed by atoms with Crippen LogP contribution < -0.4 is 5.32 Å². The van der Waals surface area contributed by atoms with Gasteiger partial charge in [0.15, 0.2) is 9.76 Å². The maximum atomic E-state index is 12.3. The predicted molar refractivity (Wildman–Crippen MR) is 101 cm³/mol. The summed E-state index contributed by atoms with van der Waals surface area (Å²) in [6.07, 6.45) is 0.695. The Bertz CT molecular complexity index is 553. The smallest absolute Gasteiger partial charge is 0.338 e. The van der Waals surface area contributed by atoms with Crippen LogP contribution >= 0.6 is 0 Å². The maximum Gasteiger partial charge on any atom is 0.338 e. The fraction of sp³-hybridized carbons (Fsp3) is 0.588. The summed E-state index contributed by atoms with van der Waals surface area (Å²) in [7, 11) is 0.930. The Morgan fingerprint density at radius 3 is 2.58 bits per heavy atom. The van der Waals surface area contributed by atoms with Crippen LogP contribution in [0, 0.1) is 16.0 Å². The van der Waals surface area contributed by atoms with Crippen molar-refractivity contribution in [3.8, 4) is 0 Å². The Kier molecular flexibility index (Phi) is 10.7. The van der Waals surface area contributed by atoms with Gasteiger partial charge in [0.2, 0.25) is 0 Å². The van der Waals surface area contributed by atoms with E-state index in [1.165, 1.54) is 24.3 Å². The number of nitro benzene ring substituents is 1. The molecule has 1 unspecified atom stereocenters. The van der Waals surface area contributed by atoms with E-state index < -0.39 is 26.8 Å². The topological polar surface area (TPSA) is 99.9 Å². The number of hydrogen-bond donors (Lipinski definition) is 1. The van der Waals surface area contributed by atoms with Crippen LogP contribution in [0.2, 0.25) is 6.04 Å². The molecule has 0 aliphatic rings. The number of methoxy groups -OCH3 is 1. The highest BCUT2D eigenvalue weighted by Crippen LogP contribution is 2.13. The van der Waals surface area contributed by atoms with Crippen molar-refractivity contribution >= 4 is 21.4 Å². The Labute approximate surface area is 156 Å². The third-order valence-electron chi connectivity index (χ3n) is 3.58. The number of nitrogens with one attached hydrogen (secondary N) is 1. The zero-order valence-electron chi connectivity index (χ0n) is 15.6. The highest BCUT2D eigenvalue weighted by Gasteiger charge is 2.17. The van der Waals surface area contributed by atoms with Crippen molar-refractivity contribution in [1.82, 2.24) is 5.32 Å². The SMILES string of the molecule is COCNCC(CO[SiH2]CCC(C)C)OC(=O)c1ccc([N+](=O)[O-])cc1. The molecule has 0 saturated heterocycles. The Balaban J connectivity index is 2.53. The van der Waals surface area contributed by atoms with Gasteiger partial charge in [0.05, 0.1) is 23.8 Å². The van der Waals surface area contributed by atoms with Gasteiger partial charge in [0.25, 0.3) is 5.69 Å². The van der Waals surface area contributed by atoms with Crippen molar-refractivity contribution in [2.75, 3.05) is 27.0 Å². The number of benzene rings is 1. The van der Waals surface area contributed by atoms with Gasteiger partial charge in [-0.05, 0) is 24.1 Å². The van der Waals surface area contributed by atoms with Crippen LogP contribution in [0.4, 0.5) is 5.69 Å². The molecule has 1 atom stereocenters. The normalized spacial score (nSPS) is 12.6. The number of carbonyl (C=O) groups is 1. The molecule has 0 amide bonds. The fourth-order valence-electron chi connectivity index (χ4n) is 2.20. The average Bonchev–Trinajstić information content (AvgIpc) is 2.61. The van der Waals surface area contributed by atoms with Crippen molar-refractivity contribution in [1.29, 1.82) is 0 Å². The second-order valence-corrected chi connectivity index (χ2v) is 7.85. The van der Waals surface area contributed by atoms with Crippen LogP contribution in [-0.4, -0.2) is 53.8 Å². The number of esters is 1. The van der Waals surface area contributed by atoms with Crippen molar-refractivity contribution in [2.24, 2.45) is 5.92 Å². The molecule has 1 aromatic rings. The van der Waals surface area contributed by atoms with E-state index >= 15 is 0 Å². The fourth-order valence-corrected chi connectivity index (χ4v) is 3.82. The lowest BCUT2D eigenvalue weighted by Crippen LogP contribution is -2.36. The Morgan fingerprint density at radius 1 is 1.31 bits per heavy atom. The lowest BCUT2D eigenvalue weighted by Gasteiger charge is -2.19. The largest absolute Gasteiger partial charge is 0.455 e. The first-order valence-electron chi connectivity index (χ1n) is 8.66. The third kappa shape index (κ3) is 9.04. The summed E-state index contributed by atoms with van der Waals surface area (Å²) in [6.45, 7) is 5.44. The van der Waals surface area contributed by atoms with Crippen LogP contribution in [0.3, 0.4) is 0 Å². The molecule has 0 spiro atoms. The van der Waals surface area contributed by atoms with Gasteiger partial charge >= 0.3 is 5.97 Å². The first kappa shape index (κ1) is 22.2. The van der Waals surface area contributed by atoms with E-state index in [4.69, 9.17) is 13.9 Å². The minimum atomic E-state index is -0.639. The summed E-state index contributed by atoms with van der Waals surface area (Å²) in [4.78, 5) is 22.4. The molecule has 0 aromatic heterocycles. The zero-order valence-corrected chi connectivity index (χ0v) is 17.0. The Hall–Kier alpha value is -1.81. The number of ether oxygens (including phenoxy) is 2. The van der Waals surface area contributed by atoms with E-state index in [0.717, 1.165) is 12.5 Å². The summed E-state index contributed by atoms with van der Waals surface area (Å²) < 4.78 is 16.2. The second-order valence-electron chi connectivity index (χ2n) is 6.33. The zero-order chi connectivity index (χ0) is 19.4. The number of non-ortho nitro benzene ring substituents is 1. The third-order valence-corrected chi connectivity index (χ3v) is 4.80. The molecular weight excluding hydrogens is 356 g/mol. The predicted octanol–water partition coefficient (Wildman–Crippen LogP) is 1.88. The van der Waals surface area contributed by atoms with Crippen molar-refractivity contribution in [2.45, 2.75) is 32.4 Å². The van der Waals surface area contributed by atoms with Gasteiger partial charge in [-0.2, -0.15) is 0 Å². The molecular formula is C17H28N2O6Si. The number of hydrogen-bond acceptors (Lipinski definition) is 7. The van der Waals surface area contributed by atoms with E-state index in [1.54, 1.807) is 7.11 Å². The van der Waals surface area contributed by atoms with Crippen LogP contribution in [0.5, 0.6) is 0 Å². The van der Waals surface area contributed by atoms with Gasteiger partial charge in [-0.3, -0.25) is 15.4 Å². The minimum absolute atomic E-state index is 0.0700. The van der Waals surface area contributed by atoms with Gasteiger partial charge < -0.3 is 13.9 Å². The molecule has 26 heavy (non-hydrogen) atoms. The minimum Gasteiger partial charge on any atom is -0.455 e. The first-order valence-corrected chi connectivity index (χ1v) is 10.2. The standard InChI is InChI=1S/C17H28N2O6Si/c1-13(2)8-9-26-24-11-16(10-18-12-23-3)25-17(20)14-4-6-15(7-5-14)19(21)22/h4-7,13,16,18H,8-12,26H2,1-3H3. The van der Waals surface area contributed by atoms with Crippen molar-refractivity contribution in [3.63, 3.8) is 0 Å². The Morgan fingerprint density at radius 2 is 2.00 bits per heavy atom. The number of rotatable bonds is 13. The van der Waals surface area contributed by atoms with E-state index in [0.29, 0.717) is 25.8 Å². The molecule has 0 fully saturated rings. The molecule has 0 radical (unpaired) electrons. The highest BCUT2D eigenvalue weighted by atomic mass is 28.2. The average molecular weight is 385 g/mol. The van der Waals surface area contributed by atoms with Gasteiger partial charge in [-0.1, -0.05) is 20.3 Å². The van der Waals surface area contributed by atoms with E-state index in [2.05, 4.69) is 19.2 Å². The molecule has 0 aliphatic carbocycles. The van der Waals surface area contributed by atoms with Crippen LogP contribution in [0.15, 0.2) is 24.3 Å². The molecule has 1 aromatic carbocycles. The monoisotopic (exact) mass is 384 g/mol. The number of nitro groups is 1. The summed E-state index contributed by atoms with van der Waals surface area (Å²) in [5.74, 6) is 0.127. The molecule has 0 aliphatic heterocycles. The number of nitrogens with zero attached hydrogens (tertiary/aromatic N) is 1. The lowest BCUT2D eigenvalue weighted by molar-refractivity contribution is -0.384. The van der Waals surface area contributed by atoms with Gasteiger partial charge in [0.1, 0.15) is 6.10 Å². The second kappa shape index (κ2) is 12.5. The maximum absolute atomic E-state index is 12.3. The first-order chi connectivity index (χ1) is 12.4. The highest BCUT2D eigenvalue weighted by molar-refractivity contribution is 6.27. The van der Waals surface area contributed by atoms with Crippen molar-refractivity contribution < 1.29 is 23.6 Å². The molecule has 8 nitrogen and oxygen atoms in total. The molecule has 1 N–H and O–H groups in total. The summed E-state index contributed by atoms with van der Waals surface area (Å²) in [5.41, 5.74) is 0.198. The van der Waals surface area contributed by atoms with Crippen LogP contribution in [-0.2, 0) is 13.9 Å². The molecule has 0 saturated carbocycles. The van der Waals surface area contributed by atoms with E-state index in [1.807, 2.05) is 0 Å². The molecule has 146 valence electrons. The number of carbonyl (C=O) groups excluding carboxylic acids is 1. The molecule has 0 heterocycles. The van der Waals surface area contributed by atoms with Gasteiger partial charge in [-0.25, -0.2) is 4.79 Å². The summed E-state index contributed by atoms with van der Waals surface area (Å²) >= 11 is 0. The molecule has 0 bridgehead atoms. The van der Waals surface area contributed by atoms with Crippen LogP contribution in [0.1, 0.15) is 30.6 Å². The van der Waals surface area contributed by atoms with Gasteiger partial charge in [-0.15, -0.1) is 0 Å². The van der Waals surface area contributed by atoms with E-state index in [9.17, 15) is 14.9 Å².